The van der Waals surface area contributed by atoms with Crippen LogP contribution in [0.4, 0.5) is 0 Å². The topological polar surface area (TPSA) is 21.3 Å². The van der Waals surface area contributed by atoms with Gasteiger partial charge in [-0.2, -0.15) is 0 Å². The predicted molar refractivity (Wildman–Crippen MR) is 55.9 cm³/mol. The van der Waals surface area contributed by atoms with E-state index in [1.807, 2.05) is 0 Å². The quantitative estimate of drug-likeness (QED) is 0.709. The van der Waals surface area contributed by atoms with Gasteiger partial charge in [0.15, 0.2) is 0 Å². The number of piperidine rings is 1. The lowest BCUT2D eigenvalue weighted by molar-refractivity contribution is 0.0104. The third-order valence-electron chi connectivity index (χ3n) is 3.01. The zero-order valence-corrected chi connectivity index (χ0v) is 9.01. The van der Waals surface area contributed by atoms with E-state index < -0.39 is 0 Å². The van der Waals surface area contributed by atoms with Crippen LogP contribution in [0.2, 0.25) is 0 Å². The van der Waals surface area contributed by atoms with Gasteiger partial charge >= 0.3 is 0 Å². The molecular weight excluding hydrogens is 162 g/mol. The summed E-state index contributed by atoms with van der Waals surface area (Å²) in [4.78, 5) is 0. The van der Waals surface area contributed by atoms with Gasteiger partial charge < -0.3 is 10.1 Å². The molecule has 0 radical (unpaired) electrons. The SMILES string of the molecule is CCC(CC)COC1CCNCC1. The van der Waals surface area contributed by atoms with Crippen LogP contribution in [0.15, 0.2) is 0 Å². The Morgan fingerprint density at radius 1 is 1.23 bits per heavy atom. The van der Waals surface area contributed by atoms with Gasteiger partial charge in [0.25, 0.3) is 0 Å². The summed E-state index contributed by atoms with van der Waals surface area (Å²) in [6.45, 7) is 7.73. The highest BCUT2D eigenvalue weighted by Gasteiger charge is 2.14. The summed E-state index contributed by atoms with van der Waals surface area (Å²) in [6, 6.07) is 0. The van der Waals surface area contributed by atoms with Crippen molar-refractivity contribution in [3.63, 3.8) is 0 Å². The second-order valence-corrected chi connectivity index (χ2v) is 3.97. The van der Waals surface area contributed by atoms with Gasteiger partial charge in [0, 0.05) is 6.61 Å². The van der Waals surface area contributed by atoms with Crippen LogP contribution in [0.1, 0.15) is 39.5 Å². The van der Waals surface area contributed by atoms with Gasteiger partial charge in [-0.05, 0) is 31.8 Å². The van der Waals surface area contributed by atoms with Crippen molar-refractivity contribution in [1.29, 1.82) is 0 Å². The molecule has 0 aromatic heterocycles. The van der Waals surface area contributed by atoms with E-state index in [0.29, 0.717) is 6.10 Å². The van der Waals surface area contributed by atoms with E-state index in [4.69, 9.17) is 4.74 Å². The first-order valence-corrected chi connectivity index (χ1v) is 5.69. The van der Waals surface area contributed by atoms with Crippen molar-refractivity contribution in [2.45, 2.75) is 45.6 Å². The summed E-state index contributed by atoms with van der Waals surface area (Å²) in [5, 5.41) is 3.35. The maximum absolute atomic E-state index is 5.89. The standard InChI is InChI=1S/C11H23NO/c1-3-10(4-2)9-13-11-5-7-12-8-6-11/h10-12H,3-9H2,1-2H3. The van der Waals surface area contributed by atoms with Crippen LogP contribution in [0.3, 0.4) is 0 Å². The molecule has 0 saturated carbocycles. The molecule has 0 atom stereocenters. The Kier molecular flexibility index (Phi) is 5.40. The smallest absolute Gasteiger partial charge is 0.0599 e. The van der Waals surface area contributed by atoms with Crippen molar-refractivity contribution >= 4 is 0 Å². The molecule has 1 fully saturated rings. The molecule has 0 aromatic rings. The fraction of sp³-hybridized carbons (Fsp3) is 1.00. The van der Waals surface area contributed by atoms with E-state index in [0.717, 1.165) is 25.6 Å². The van der Waals surface area contributed by atoms with Crippen molar-refractivity contribution in [2.75, 3.05) is 19.7 Å². The molecule has 0 aliphatic carbocycles. The fourth-order valence-electron chi connectivity index (χ4n) is 1.76. The molecule has 1 saturated heterocycles. The van der Waals surface area contributed by atoms with Gasteiger partial charge in [-0.1, -0.05) is 26.7 Å². The Labute approximate surface area is 82.0 Å². The minimum Gasteiger partial charge on any atom is -0.378 e. The molecule has 1 aliphatic rings. The second-order valence-electron chi connectivity index (χ2n) is 3.97. The van der Waals surface area contributed by atoms with Crippen LogP contribution in [-0.2, 0) is 4.74 Å². The van der Waals surface area contributed by atoms with E-state index >= 15 is 0 Å². The Morgan fingerprint density at radius 3 is 2.38 bits per heavy atom. The summed E-state index contributed by atoms with van der Waals surface area (Å²) in [6.07, 6.45) is 5.42. The van der Waals surface area contributed by atoms with Crippen LogP contribution in [-0.4, -0.2) is 25.8 Å². The lowest BCUT2D eigenvalue weighted by atomic mass is 10.0. The normalized spacial score (nSPS) is 19.6. The molecule has 13 heavy (non-hydrogen) atoms. The van der Waals surface area contributed by atoms with Gasteiger partial charge in [-0.3, -0.25) is 0 Å². The van der Waals surface area contributed by atoms with Gasteiger partial charge in [-0.25, -0.2) is 0 Å². The van der Waals surface area contributed by atoms with Crippen LogP contribution >= 0.6 is 0 Å². The van der Waals surface area contributed by atoms with Gasteiger partial charge in [0.1, 0.15) is 0 Å². The van der Waals surface area contributed by atoms with Crippen molar-refractivity contribution in [2.24, 2.45) is 5.92 Å². The lowest BCUT2D eigenvalue weighted by Crippen LogP contribution is -2.33. The summed E-state index contributed by atoms with van der Waals surface area (Å²) in [7, 11) is 0. The first-order valence-electron chi connectivity index (χ1n) is 5.69. The Hall–Kier alpha value is -0.0800. The zero-order chi connectivity index (χ0) is 9.52. The number of nitrogens with one attached hydrogen (secondary N) is 1. The highest BCUT2D eigenvalue weighted by atomic mass is 16.5. The average molecular weight is 185 g/mol. The molecule has 78 valence electrons. The summed E-state index contributed by atoms with van der Waals surface area (Å²) < 4.78 is 5.89. The second kappa shape index (κ2) is 6.39. The third-order valence-corrected chi connectivity index (χ3v) is 3.01. The van der Waals surface area contributed by atoms with E-state index in [9.17, 15) is 0 Å². The maximum Gasteiger partial charge on any atom is 0.0599 e. The molecule has 0 aromatic carbocycles. The molecule has 0 unspecified atom stereocenters. The molecule has 2 nitrogen and oxygen atoms in total. The molecule has 2 heteroatoms. The maximum atomic E-state index is 5.89. The Morgan fingerprint density at radius 2 is 1.85 bits per heavy atom. The molecule has 1 rings (SSSR count). The van der Waals surface area contributed by atoms with Crippen LogP contribution in [0, 0.1) is 5.92 Å². The molecule has 0 bridgehead atoms. The molecule has 1 heterocycles. The van der Waals surface area contributed by atoms with E-state index in [-0.39, 0.29) is 0 Å². The largest absolute Gasteiger partial charge is 0.378 e. The molecular formula is C11H23NO. The lowest BCUT2D eigenvalue weighted by Gasteiger charge is -2.24. The molecule has 1 aliphatic heterocycles. The minimum atomic E-state index is 0.529. The fourth-order valence-corrected chi connectivity index (χ4v) is 1.76. The number of hydrogen-bond donors (Lipinski definition) is 1. The van der Waals surface area contributed by atoms with Crippen molar-refractivity contribution in [3.8, 4) is 0 Å². The average Bonchev–Trinajstić information content (AvgIpc) is 2.21. The van der Waals surface area contributed by atoms with E-state index in [1.165, 1.54) is 25.7 Å². The molecule has 0 amide bonds. The first-order chi connectivity index (χ1) is 6.36. The summed E-state index contributed by atoms with van der Waals surface area (Å²) >= 11 is 0. The van der Waals surface area contributed by atoms with Crippen molar-refractivity contribution in [1.82, 2.24) is 5.32 Å². The highest BCUT2D eigenvalue weighted by molar-refractivity contribution is 4.68. The van der Waals surface area contributed by atoms with Crippen molar-refractivity contribution in [3.05, 3.63) is 0 Å². The summed E-state index contributed by atoms with van der Waals surface area (Å²) in [5.41, 5.74) is 0. The van der Waals surface area contributed by atoms with Crippen LogP contribution in [0.5, 0.6) is 0 Å². The Bertz CT molecular complexity index is 117. The molecule has 0 spiro atoms. The third kappa shape index (κ3) is 4.10. The predicted octanol–water partition coefficient (Wildman–Crippen LogP) is 2.19. The Balaban J connectivity index is 2.09. The van der Waals surface area contributed by atoms with Crippen LogP contribution < -0.4 is 5.32 Å². The van der Waals surface area contributed by atoms with Crippen LogP contribution in [0.25, 0.3) is 0 Å². The summed E-state index contributed by atoms with van der Waals surface area (Å²) in [5.74, 6) is 0.773. The number of rotatable bonds is 5. The van der Waals surface area contributed by atoms with E-state index in [2.05, 4.69) is 19.2 Å². The van der Waals surface area contributed by atoms with Gasteiger partial charge in [0.2, 0.25) is 0 Å². The zero-order valence-electron chi connectivity index (χ0n) is 9.01. The monoisotopic (exact) mass is 185 g/mol. The van der Waals surface area contributed by atoms with Gasteiger partial charge in [-0.15, -0.1) is 0 Å². The molecule has 1 N–H and O–H groups in total. The number of ether oxygens (including phenoxy) is 1. The minimum absolute atomic E-state index is 0.529. The van der Waals surface area contributed by atoms with Crippen molar-refractivity contribution < 1.29 is 4.74 Å². The van der Waals surface area contributed by atoms with Gasteiger partial charge in [0.05, 0.1) is 6.10 Å². The highest BCUT2D eigenvalue weighted by Crippen LogP contribution is 2.13. The first kappa shape index (κ1) is 11.0. The van der Waals surface area contributed by atoms with E-state index in [1.54, 1.807) is 0 Å². The number of hydrogen-bond acceptors (Lipinski definition) is 2.